The van der Waals surface area contributed by atoms with Crippen molar-refractivity contribution in [2.24, 2.45) is 15.7 Å². The molecule has 3 N–H and O–H groups in total. The van der Waals surface area contributed by atoms with Crippen LogP contribution in [0.2, 0.25) is 5.02 Å². The molecule has 3 heterocycles. The number of carbonyl (C=O) groups excluding carboxylic acids is 2. The summed E-state index contributed by atoms with van der Waals surface area (Å²) in [6, 6.07) is 5.75. The molecule has 1 amide bonds. The first-order valence-electron chi connectivity index (χ1n) is 10.7. The van der Waals surface area contributed by atoms with Crippen molar-refractivity contribution in [1.82, 2.24) is 9.97 Å². The van der Waals surface area contributed by atoms with Crippen LogP contribution in [0.1, 0.15) is 54.9 Å². The summed E-state index contributed by atoms with van der Waals surface area (Å²) in [7, 11) is 0. The Labute approximate surface area is 211 Å². The number of nitrogens with two attached hydrogens (primary N) is 1. The number of amidine groups is 1. The Balaban J connectivity index is 1.80. The maximum absolute atomic E-state index is 14.8. The Kier molecular flexibility index (Phi) is 8.22. The lowest BCUT2D eigenvalue weighted by molar-refractivity contribution is 0.102. The van der Waals surface area contributed by atoms with Gasteiger partial charge < -0.3 is 11.1 Å². The highest BCUT2D eigenvalue weighted by Crippen LogP contribution is 2.43. The number of amides is 1. The Morgan fingerprint density at radius 3 is 2.83 bits per heavy atom. The zero-order chi connectivity index (χ0) is 25.6. The largest absolute Gasteiger partial charge is 0.386 e. The number of aliphatic imine (C=N–C) groups is 2. The summed E-state index contributed by atoms with van der Waals surface area (Å²) in [4.78, 5) is 39.3. The first-order chi connectivity index (χ1) is 16.6. The first-order valence-corrected chi connectivity index (χ1v) is 12.1. The summed E-state index contributed by atoms with van der Waals surface area (Å²) >= 11 is 7.62. The van der Waals surface area contributed by atoms with Crippen molar-refractivity contribution in [3.63, 3.8) is 0 Å². The zero-order valence-electron chi connectivity index (χ0n) is 19.1. The van der Waals surface area contributed by atoms with Crippen molar-refractivity contribution in [3.05, 3.63) is 52.2 Å². The van der Waals surface area contributed by atoms with Gasteiger partial charge >= 0.3 is 0 Å². The summed E-state index contributed by atoms with van der Waals surface area (Å²) in [5.74, 6) is -0.340. The number of isocyanates is 1. The van der Waals surface area contributed by atoms with Crippen LogP contribution in [0.25, 0.3) is 0 Å². The van der Waals surface area contributed by atoms with Crippen LogP contribution in [-0.2, 0) is 10.3 Å². The third kappa shape index (κ3) is 6.03. The maximum atomic E-state index is 14.8. The van der Waals surface area contributed by atoms with Gasteiger partial charge in [-0.1, -0.05) is 11.6 Å². The molecule has 35 heavy (non-hydrogen) atoms. The van der Waals surface area contributed by atoms with Gasteiger partial charge in [0.1, 0.15) is 40.5 Å². The second-order valence-electron chi connectivity index (χ2n) is 8.37. The number of aromatic nitrogens is 2. The van der Waals surface area contributed by atoms with Crippen LogP contribution < -0.4 is 11.1 Å². The number of nitrogens with zero attached hydrogens (tertiary/aromatic N) is 5. The molecule has 2 aromatic heterocycles. The molecule has 2 unspecified atom stereocenters. The van der Waals surface area contributed by atoms with E-state index < -0.39 is 22.0 Å². The van der Waals surface area contributed by atoms with Gasteiger partial charge in [0.15, 0.2) is 0 Å². The van der Waals surface area contributed by atoms with E-state index in [1.54, 1.807) is 18.7 Å². The van der Waals surface area contributed by atoms with Gasteiger partial charge in [-0.15, -0.1) is 11.8 Å². The molecule has 0 radical (unpaired) electrons. The third-order valence-electron chi connectivity index (χ3n) is 5.60. The van der Waals surface area contributed by atoms with Crippen LogP contribution in [0.15, 0.2) is 34.4 Å². The van der Waals surface area contributed by atoms with Crippen molar-refractivity contribution in [3.8, 4) is 6.07 Å². The summed E-state index contributed by atoms with van der Waals surface area (Å²) in [6.45, 7) is 4.13. The van der Waals surface area contributed by atoms with E-state index in [0.717, 1.165) is 19.3 Å². The smallest absolute Gasteiger partial charge is 0.276 e. The van der Waals surface area contributed by atoms with Crippen molar-refractivity contribution >= 4 is 47.0 Å². The summed E-state index contributed by atoms with van der Waals surface area (Å²) < 4.78 is 14.4. The predicted molar refractivity (Wildman–Crippen MR) is 133 cm³/mol. The Morgan fingerprint density at radius 1 is 1.40 bits per heavy atom. The maximum Gasteiger partial charge on any atom is 0.276 e. The zero-order valence-corrected chi connectivity index (χ0v) is 20.7. The number of nitrogens with one attached hydrogen (secondary N) is 1. The van der Waals surface area contributed by atoms with Gasteiger partial charge in [-0.05, 0) is 51.3 Å². The van der Waals surface area contributed by atoms with Crippen molar-refractivity contribution in [2.45, 2.75) is 43.4 Å². The molecule has 0 aliphatic carbocycles. The molecule has 0 spiro atoms. The van der Waals surface area contributed by atoms with E-state index in [0.29, 0.717) is 18.1 Å². The highest BCUT2D eigenvalue weighted by Gasteiger charge is 2.42. The summed E-state index contributed by atoms with van der Waals surface area (Å²) in [5, 5.41) is 11.5. The number of halogens is 2. The average molecular weight is 516 g/mol. The lowest BCUT2D eigenvalue weighted by Crippen LogP contribution is -2.47. The molecule has 0 fully saturated rings. The van der Waals surface area contributed by atoms with E-state index in [4.69, 9.17) is 22.6 Å². The van der Waals surface area contributed by atoms with Gasteiger partial charge in [-0.3, -0.25) is 9.79 Å². The molecule has 0 aromatic carbocycles. The molecule has 0 bridgehead atoms. The minimum atomic E-state index is -1.05. The lowest BCUT2D eigenvalue weighted by Gasteiger charge is -2.39. The first kappa shape index (κ1) is 26.3. The molecule has 182 valence electrons. The average Bonchev–Trinajstić information content (AvgIpc) is 2.83. The molecular formula is C23H23ClFN7O2S. The van der Waals surface area contributed by atoms with Crippen LogP contribution in [0.4, 0.5) is 10.2 Å². The number of unbranched alkanes of at least 4 members (excludes halogenated alkanes) is 1. The van der Waals surface area contributed by atoms with Gasteiger partial charge in [0, 0.05) is 11.9 Å². The SMILES string of the molecule is CC1(CCCCN=C=O)SCC(C)(c2nc(NC(=O)c3ncc(C#N)cc3Cl)ccc2F)N=C1N. The molecule has 0 saturated heterocycles. The fraction of sp³-hybridized carbons (Fsp3) is 0.391. The normalized spacial score (nSPS) is 21.4. The van der Waals surface area contributed by atoms with Crippen LogP contribution in [-0.4, -0.2) is 44.8 Å². The lowest BCUT2D eigenvalue weighted by atomic mass is 9.96. The number of anilines is 1. The van der Waals surface area contributed by atoms with Gasteiger partial charge in [-0.25, -0.2) is 24.1 Å². The third-order valence-corrected chi connectivity index (χ3v) is 7.65. The van der Waals surface area contributed by atoms with E-state index in [9.17, 15) is 14.0 Å². The monoisotopic (exact) mass is 515 g/mol. The van der Waals surface area contributed by atoms with E-state index in [1.807, 2.05) is 13.0 Å². The quantitative estimate of drug-likeness (QED) is 0.307. The minimum Gasteiger partial charge on any atom is -0.386 e. The molecule has 1 aliphatic rings. The van der Waals surface area contributed by atoms with Crippen LogP contribution in [0.5, 0.6) is 0 Å². The Bertz CT molecular complexity index is 1260. The molecule has 2 aromatic rings. The van der Waals surface area contributed by atoms with Gasteiger partial charge in [-0.2, -0.15) is 5.26 Å². The second-order valence-corrected chi connectivity index (χ2v) is 10.3. The number of hydrogen-bond acceptors (Lipinski definition) is 9. The highest BCUT2D eigenvalue weighted by molar-refractivity contribution is 8.01. The number of pyridine rings is 2. The standard InChI is InChI=1S/C23H23ClFN7O2S/c1-22(12-35-23(2,21(27)32-22)7-3-4-8-28-13-33)19-16(25)5-6-17(30-19)31-20(34)18-15(24)9-14(10-26)11-29-18/h5-6,9,11H,3-4,7-8,12H2,1-2H3,(H2,27,32)(H,30,31,34). The molecule has 12 heteroatoms. The van der Waals surface area contributed by atoms with E-state index in [2.05, 4.69) is 25.3 Å². The van der Waals surface area contributed by atoms with E-state index >= 15 is 0 Å². The fourth-order valence-corrected chi connectivity index (χ4v) is 5.08. The van der Waals surface area contributed by atoms with Crippen LogP contribution >= 0.6 is 23.4 Å². The van der Waals surface area contributed by atoms with Gasteiger partial charge in [0.25, 0.3) is 5.91 Å². The number of hydrogen-bond donors (Lipinski definition) is 2. The Morgan fingerprint density at radius 2 is 2.17 bits per heavy atom. The van der Waals surface area contributed by atoms with Crippen molar-refractivity contribution in [1.29, 1.82) is 5.26 Å². The van der Waals surface area contributed by atoms with Crippen LogP contribution in [0.3, 0.4) is 0 Å². The number of thioether (sulfide) groups is 1. The minimum absolute atomic E-state index is 0.00847. The predicted octanol–water partition coefficient (Wildman–Crippen LogP) is 3.98. The van der Waals surface area contributed by atoms with E-state index in [1.165, 1.54) is 30.5 Å². The Hall–Kier alpha value is -3.32. The number of carbonyl (C=O) groups is 1. The fourth-order valence-electron chi connectivity index (χ4n) is 3.54. The van der Waals surface area contributed by atoms with E-state index in [-0.39, 0.29) is 27.8 Å². The van der Waals surface area contributed by atoms with Gasteiger partial charge in [0.2, 0.25) is 6.08 Å². The van der Waals surface area contributed by atoms with Crippen molar-refractivity contribution < 1.29 is 14.0 Å². The van der Waals surface area contributed by atoms with Crippen molar-refractivity contribution in [2.75, 3.05) is 17.6 Å². The number of nitriles is 1. The molecule has 3 rings (SSSR count). The highest BCUT2D eigenvalue weighted by atomic mass is 35.5. The summed E-state index contributed by atoms with van der Waals surface area (Å²) in [6.07, 6.45) is 5.00. The molecular weight excluding hydrogens is 493 g/mol. The second kappa shape index (κ2) is 11.0. The topological polar surface area (TPSA) is 146 Å². The van der Waals surface area contributed by atoms with Gasteiger partial charge in [0.05, 0.1) is 21.9 Å². The molecule has 0 saturated carbocycles. The number of rotatable bonds is 8. The van der Waals surface area contributed by atoms with Crippen LogP contribution in [0, 0.1) is 17.1 Å². The molecule has 2 atom stereocenters. The summed E-state index contributed by atoms with van der Waals surface area (Å²) in [5.41, 5.74) is 5.46. The molecule has 1 aliphatic heterocycles. The molecule has 9 nitrogen and oxygen atoms in total.